The van der Waals surface area contributed by atoms with Gasteiger partial charge in [0.15, 0.2) is 5.78 Å². The van der Waals surface area contributed by atoms with Crippen molar-refractivity contribution in [3.63, 3.8) is 0 Å². The van der Waals surface area contributed by atoms with Crippen molar-refractivity contribution in [1.29, 1.82) is 0 Å². The number of Topliss-reactive ketones (excluding diaryl/α,β-unsaturated/α-hetero) is 1. The minimum atomic E-state index is -0.315. The number of nitrogens with one attached hydrogen (secondary N) is 2. The van der Waals surface area contributed by atoms with E-state index in [0.717, 1.165) is 32.8 Å². The quantitative estimate of drug-likeness (QED) is 0.742. The van der Waals surface area contributed by atoms with Crippen LogP contribution in [0.1, 0.15) is 24.2 Å². The summed E-state index contributed by atoms with van der Waals surface area (Å²) in [6.45, 7) is 8.41. The number of ether oxygens (including phenoxy) is 2. The summed E-state index contributed by atoms with van der Waals surface area (Å²) in [6.07, 6.45) is 0. The fourth-order valence-corrected chi connectivity index (χ4v) is 2.45. The summed E-state index contributed by atoms with van der Waals surface area (Å²) in [7, 11) is 0. The van der Waals surface area contributed by atoms with Crippen LogP contribution in [0.25, 0.3) is 0 Å². The van der Waals surface area contributed by atoms with Gasteiger partial charge in [-0.25, -0.2) is 4.79 Å². The topological polar surface area (TPSA) is 79.9 Å². The highest BCUT2D eigenvalue weighted by Gasteiger charge is 2.12. The third-order valence-electron chi connectivity index (χ3n) is 3.75. The molecule has 1 aromatic rings. The van der Waals surface area contributed by atoms with Gasteiger partial charge >= 0.3 is 6.03 Å². The molecule has 2 amide bonds. The van der Waals surface area contributed by atoms with Crippen LogP contribution in [-0.2, 0) is 4.74 Å². The lowest BCUT2D eigenvalue weighted by Crippen LogP contribution is -2.42. The minimum absolute atomic E-state index is 0.0613. The summed E-state index contributed by atoms with van der Waals surface area (Å²) in [4.78, 5) is 25.8. The number of hydrogen-bond acceptors (Lipinski definition) is 5. The number of nitrogens with zero attached hydrogens (tertiary/aromatic N) is 1. The minimum Gasteiger partial charge on any atom is -0.492 e. The molecule has 0 atom stereocenters. The Balaban J connectivity index is 1.89. The number of amides is 2. The van der Waals surface area contributed by atoms with Crippen molar-refractivity contribution in [2.45, 2.75) is 13.8 Å². The molecule has 7 heteroatoms. The van der Waals surface area contributed by atoms with Crippen LogP contribution in [0.2, 0.25) is 0 Å². The van der Waals surface area contributed by atoms with Gasteiger partial charge in [0.2, 0.25) is 0 Å². The van der Waals surface area contributed by atoms with E-state index < -0.39 is 0 Å². The lowest BCUT2D eigenvalue weighted by molar-refractivity contribution is 0.0388. The van der Waals surface area contributed by atoms with Crippen LogP contribution in [0, 0.1) is 0 Å². The van der Waals surface area contributed by atoms with Gasteiger partial charge < -0.3 is 20.1 Å². The smallest absolute Gasteiger partial charge is 0.319 e. The zero-order chi connectivity index (χ0) is 17.4. The van der Waals surface area contributed by atoms with Gasteiger partial charge in [-0.15, -0.1) is 0 Å². The number of carbonyl (C=O) groups is 2. The molecule has 7 nitrogen and oxygen atoms in total. The fourth-order valence-electron chi connectivity index (χ4n) is 2.45. The van der Waals surface area contributed by atoms with Crippen molar-refractivity contribution in [3.05, 3.63) is 23.8 Å². The molecule has 1 heterocycles. The molecule has 0 unspecified atom stereocenters. The highest BCUT2D eigenvalue weighted by molar-refractivity contribution is 5.97. The Kier molecular flexibility index (Phi) is 7.02. The summed E-state index contributed by atoms with van der Waals surface area (Å²) in [6, 6.07) is 4.71. The molecule has 0 aliphatic carbocycles. The number of morpholine rings is 1. The van der Waals surface area contributed by atoms with Crippen LogP contribution >= 0.6 is 0 Å². The van der Waals surface area contributed by atoms with E-state index in [2.05, 4.69) is 15.5 Å². The zero-order valence-corrected chi connectivity index (χ0v) is 14.3. The maximum atomic E-state index is 12.1. The summed E-state index contributed by atoms with van der Waals surface area (Å²) in [5.41, 5.74) is 1.02. The largest absolute Gasteiger partial charge is 0.492 e. The SMILES string of the molecule is CCOc1ccc(C(C)=O)cc1NC(=O)NCCN1CCOCC1. The summed E-state index contributed by atoms with van der Waals surface area (Å²) in [5.74, 6) is 0.486. The van der Waals surface area contributed by atoms with E-state index in [1.165, 1.54) is 6.92 Å². The molecule has 0 radical (unpaired) electrons. The van der Waals surface area contributed by atoms with Crippen LogP contribution < -0.4 is 15.4 Å². The van der Waals surface area contributed by atoms with E-state index in [0.29, 0.717) is 30.2 Å². The lowest BCUT2D eigenvalue weighted by Gasteiger charge is -2.26. The number of carbonyl (C=O) groups excluding carboxylic acids is 2. The molecule has 1 saturated heterocycles. The van der Waals surface area contributed by atoms with Crippen LogP contribution in [0.5, 0.6) is 5.75 Å². The molecule has 2 rings (SSSR count). The van der Waals surface area contributed by atoms with Crippen molar-refractivity contribution in [2.75, 3.05) is 51.3 Å². The Bertz CT molecular complexity index is 571. The second-order valence-corrected chi connectivity index (χ2v) is 5.54. The molecule has 0 aromatic heterocycles. The standard InChI is InChI=1S/C17H25N3O4/c1-3-24-16-5-4-14(13(2)21)12-15(16)19-17(22)18-6-7-20-8-10-23-11-9-20/h4-5,12H,3,6-11H2,1-2H3,(H2,18,19,22). The number of benzene rings is 1. The van der Waals surface area contributed by atoms with Gasteiger partial charge in [-0.1, -0.05) is 0 Å². The second-order valence-electron chi connectivity index (χ2n) is 5.54. The highest BCUT2D eigenvalue weighted by atomic mass is 16.5. The molecule has 0 spiro atoms. The van der Waals surface area contributed by atoms with Crippen LogP contribution in [0.3, 0.4) is 0 Å². The highest BCUT2D eigenvalue weighted by Crippen LogP contribution is 2.26. The first-order chi connectivity index (χ1) is 11.6. The van der Waals surface area contributed by atoms with Crippen molar-refractivity contribution in [3.8, 4) is 5.75 Å². The molecule has 0 bridgehead atoms. The van der Waals surface area contributed by atoms with Gasteiger partial charge in [0.1, 0.15) is 5.75 Å². The van der Waals surface area contributed by atoms with Gasteiger partial charge in [0, 0.05) is 31.7 Å². The van der Waals surface area contributed by atoms with Crippen molar-refractivity contribution >= 4 is 17.5 Å². The summed E-state index contributed by atoms with van der Waals surface area (Å²) >= 11 is 0. The molecular weight excluding hydrogens is 310 g/mol. The van der Waals surface area contributed by atoms with Gasteiger partial charge in [-0.3, -0.25) is 9.69 Å². The van der Waals surface area contributed by atoms with E-state index in [4.69, 9.17) is 9.47 Å². The maximum Gasteiger partial charge on any atom is 0.319 e. The van der Waals surface area contributed by atoms with Crippen LogP contribution in [0.15, 0.2) is 18.2 Å². The maximum absolute atomic E-state index is 12.1. The first kappa shape index (κ1) is 18.2. The average molecular weight is 335 g/mol. The molecular formula is C17H25N3O4. The average Bonchev–Trinajstić information content (AvgIpc) is 2.57. The normalized spacial score (nSPS) is 14.9. The van der Waals surface area contributed by atoms with Crippen molar-refractivity contribution < 1.29 is 19.1 Å². The molecule has 24 heavy (non-hydrogen) atoms. The van der Waals surface area contributed by atoms with Crippen LogP contribution in [-0.4, -0.2) is 62.7 Å². The molecule has 132 valence electrons. The molecule has 0 saturated carbocycles. The van der Waals surface area contributed by atoms with E-state index in [1.807, 2.05) is 6.92 Å². The fraction of sp³-hybridized carbons (Fsp3) is 0.529. The number of urea groups is 1. The number of hydrogen-bond donors (Lipinski definition) is 2. The van der Waals surface area contributed by atoms with Gasteiger partial charge in [-0.2, -0.15) is 0 Å². The van der Waals surface area contributed by atoms with Crippen molar-refractivity contribution in [1.82, 2.24) is 10.2 Å². The van der Waals surface area contributed by atoms with Gasteiger partial charge in [0.25, 0.3) is 0 Å². The Morgan fingerprint density at radius 1 is 1.29 bits per heavy atom. The third-order valence-corrected chi connectivity index (χ3v) is 3.75. The summed E-state index contributed by atoms with van der Waals surface area (Å²) < 4.78 is 10.8. The Hall–Kier alpha value is -2.12. The van der Waals surface area contributed by atoms with E-state index >= 15 is 0 Å². The Morgan fingerprint density at radius 3 is 2.71 bits per heavy atom. The van der Waals surface area contributed by atoms with E-state index in [9.17, 15) is 9.59 Å². The monoisotopic (exact) mass is 335 g/mol. The van der Waals surface area contributed by atoms with Crippen molar-refractivity contribution in [2.24, 2.45) is 0 Å². The predicted octanol–water partition coefficient (Wildman–Crippen LogP) is 1.74. The molecule has 1 aliphatic heterocycles. The number of ketones is 1. The second kappa shape index (κ2) is 9.24. The molecule has 1 fully saturated rings. The molecule has 1 aliphatic rings. The first-order valence-electron chi connectivity index (χ1n) is 8.23. The number of anilines is 1. The van der Waals surface area contributed by atoms with Gasteiger partial charge in [-0.05, 0) is 32.0 Å². The Morgan fingerprint density at radius 2 is 2.04 bits per heavy atom. The lowest BCUT2D eigenvalue weighted by atomic mass is 10.1. The number of rotatable bonds is 7. The molecule has 2 N–H and O–H groups in total. The molecule has 1 aromatic carbocycles. The third kappa shape index (κ3) is 5.50. The van der Waals surface area contributed by atoms with Crippen LogP contribution in [0.4, 0.5) is 10.5 Å². The van der Waals surface area contributed by atoms with Gasteiger partial charge in [0.05, 0.1) is 25.5 Å². The summed E-state index contributed by atoms with van der Waals surface area (Å²) in [5, 5.41) is 5.58. The Labute approximate surface area is 142 Å². The predicted molar refractivity (Wildman–Crippen MR) is 91.9 cm³/mol. The zero-order valence-electron chi connectivity index (χ0n) is 14.3. The van der Waals surface area contributed by atoms with E-state index in [-0.39, 0.29) is 11.8 Å². The first-order valence-corrected chi connectivity index (χ1v) is 8.23. The van der Waals surface area contributed by atoms with E-state index in [1.54, 1.807) is 18.2 Å².